The molecule has 2 aromatic heterocycles. The minimum Gasteiger partial charge on any atom is -0.489 e. The highest BCUT2D eigenvalue weighted by atomic mass is 32.2. The molecule has 0 N–H and O–H groups in total. The molecule has 0 unspecified atom stereocenters. The number of methoxy groups -OCH3 is 1. The van der Waals surface area contributed by atoms with Gasteiger partial charge < -0.3 is 9.47 Å². The molecule has 0 bridgehead atoms. The Bertz CT molecular complexity index is 1660. The van der Waals surface area contributed by atoms with Gasteiger partial charge in [-0.15, -0.1) is 0 Å². The summed E-state index contributed by atoms with van der Waals surface area (Å²) in [6, 6.07) is 26.2. The number of sulfone groups is 1. The number of nitrogens with zero attached hydrogens (tertiary/aromatic N) is 3. The van der Waals surface area contributed by atoms with Gasteiger partial charge in [0.1, 0.15) is 27.7 Å². The Morgan fingerprint density at radius 3 is 2.42 bits per heavy atom. The van der Waals surface area contributed by atoms with Crippen LogP contribution in [0.1, 0.15) is 17.0 Å². The fourth-order valence-corrected chi connectivity index (χ4v) is 5.23. The van der Waals surface area contributed by atoms with Crippen LogP contribution < -0.4 is 4.74 Å². The molecular formula is C30H31N3O4S. The van der Waals surface area contributed by atoms with Gasteiger partial charge in [0, 0.05) is 36.3 Å². The summed E-state index contributed by atoms with van der Waals surface area (Å²) < 4.78 is 37.3. The highest BCUT2D eigenvalue weighted by Gasteiger charge is 2.18. The lowest BCUT2D eigenvalue weighted by Gasteiger charge is -2.15. The first-order valence-corrected chi connectivity index (χ1v) is 14.7. The molecule has 2 heterocycles. The number of benzene rings is 3. The Morgan fingerprint density at radius 1 is 0.842 bits per heavy atom. The van der Waals surface area contributed by atoms with Crippen LogP contribution in [0, 0.1) is 0 Å². The zero-order valence-corrected chi connectivity index (χ0v) is 22.4. The summed E-state index contributed by atoms with van der Waals surface area (Å²) in [6.07, 6.45) is 3.17. The fraction of sp³-hybridized carbons (Fsp3) is 0.267. The van der Waals surface area contributed by atoms with Gasteiger partial charge in [-0.1, -0.05) is 60.7 Å². The predicted molar refractivity (Wildman–Crippen MR) is 151 cm³/mol. The second kappa shape index (κ2) is 11.3. The van der Waals surface area contributed by atoms with Gasteiger partial charge in [0.15, 0.2) is 0 Å². The Balaban J connectivity index is 1.67. The van der Waals surface area contributed by atoms with Crippen molar-refractivity contribution in [3.63, 3.8) is 0 Å². The van der Waals surface area contributed by atoms with E-state index in [1.54, 1.807) is 7.11 Å². The molecule has 8 heteroatoms. The highest BCUT2D eigenvalue weighted by Crippen LogP contribution is 2.30. The first-order chi connectivity index (χ1) is 18.4. The standard InChI is InChI=1S/C30H31N3O4S/c1-36-18-19-37-28-14-8-12-25-26(16-15-22-9-4-3-5-10-22)31-30(32-29(25)28)33-24(17-20-38(2,34)35)21-23-11-6-7-13-27(23)33/h3-14,21H,15-20H2,1-2H3. The molecule has 0 spiro atoms. The number of fused-ring (bicyclic) bond motifs is 2. The Labute approximate surface area is 223 Å². The summed E-state index contributed by atoms with van der Waals surface area (Å²) in [5.74, 6) is 1.22. The lowest BCUT2D eigenvalue weighted by molar-refractivity contribution is 0.147. The van der Waals surface area contributed by atoms with E-state index in [2.05, 4.69) is 12.1 Å². The Hall–Kier alpha value is -3.75. The van der Waals surface area contributed by atoms with E-state index in [0.717, 1.165) is 46.0 Å². The number of hydrogen-bond donors (Lipinski definition) is 0. The number of aryl methyl sites for hydroxylation is 3. The molecule has 0 aliphatic heterocycles. The molecule has 5 aromatic rings. The Morgan fingerprint density at radius 2 is 1.63 bits per heavy atom. The molecule has 0 saturated heterocycles. The molecule has 0 aliphatic rings. The lowest BCUT2D eigenvalue weighted by atomic mass is 10.0. The van der Waals surface area contributed by atoms with Gasteiger partial charge in [-0.25, -0.2) is 18.4 Å². The maximum Gasteiger partial charge on any atom is 0.235 e. The number of para-hydroxylation sites is 2. The minimum atomic E-state index is -3.15. The van der Waals surface area contributed by atoms with Crippen LogP contribution in [-0.2, 0) is 33.8 Å². The zero-order valence-electron chi connectivity index (χ0n) is 21.6. The number of rotatable bonds is 11. The summed E-state index contributed by atoms with van der Waals surface area (Å²) in [7, 11) is -1.50. The van der Waals surface area contributed by atoms with Crippen molar-refractivity contribution < 1.29 is 17.9 Å². The average molecular weight is 530 g/mol. The van der Waals surface area contributed by atoms with Crippen molar-refractivity contribution in [3.05, 3.63) is 95.8 Å². The van der Waals surface area contributed by atoms with E-state index in [1.807, 2.05) is 71.3 Å². The smallest absolute Gasteiger partial charge is 0.235 e. The first kappa shape index (κ1) is 25.9. The van der Waals surface area contributed by atoms with E-state index in [1.165, 1.54) is 11.8 Å². The van der Waals surface area contributed by atoms with Crippen LogP contribution in [0.2, 0.25) is 0 Å². The normalized spacial score (nSPS) is 11.8. The summed E-state index contributed by atoms with van der Waals surface area (Å²) in [5.41, 5.74) is 4.65. The largest absolute Gasteiger partial charge is 0.489 e. The van der Waals surface area contributed by atoms with Crippen LogP contribution in [0.5, 0.6) is 5.75 Å². The number of ether oxygens (including phenoxy) is 2. The predicted octanol–water partition coefficient (Wildman–Crippen LogP) is 4.97. The van der Waals surface area contributed by atoms with Gasteiger partial charge in [0.25, 0.3) is 0 Å². The van der Waals surface area contributed by atoms with Crippen LogP contribution in [0.3, 0.4) is 0 Å². The van der Waals surface area contributed by atoms with Crippen molar-refractivity contribution in [3.8, 4) is 11.7 Å². The van der Waals surface area contributed by atoms with Crippen molar-refractivity contribution in [2.24, 2.45) is 0 Å². The molecule has 0 aliphatic carbocycles. The third-order valence-corrected chi connectivity index (χ3v) is 7.46. The van der Waals surface area contributed by atoms with E-state index < -0.39 is 9.84 Å². The van der Waals surface area contributed by atoms with E-state index >= 15 is 0 Å². The SMILES string of the molecule is COCCOc1cccc2c(CCc3ccccc3)nc(-n3c(CCS(C)(=O)=O)cc4ccccc43)nc12. The summed E-state index contributed by atoms with van der Waals surface area (Å²) in [6.45, 7) is 0.868. The second-order valence-corrected chi connectivity index (χ2v) is 11.6. The molecule has 0 atom stereocenters. The van der Waals surface area contributed by atoms with Gasteiger partial charge in [-0.2, -0.15) is 0 Å². The Kier molecular flexibility index (Phi) is 7.72. The summed E-state index contributed by atoms with van der Waals surface area (Å²) >= 11 is 0. The molecule has 0 saturated carbocycles. The monoisotopic (exact) mass is 529 g/mol. The lowest BCUT2D eigenvalue weighted by Crippen LogP contribution is -2.13. The summed E-state index contributed by atoms with van der Waals surface area (Å²) in [5, 5.41) is 1.95. The van der Waals surface area contributed by atoms with Crippen LogP contribution in [0.15, 0.2) is 78.9 Å². The van der Waals surface area contributed by atoms with Crippen LogP contribution in [-0.4, -0.2) is 55.3 Å². The third-order valence-electron chi connectivity index (χ3n) is 6.51. The van der Waals surface area contributed by atoms with Crippen molar-refractivity contribution in [2.45, 2.75) is 19.3 Å². The van der Waals surface area contributed by atoms with E-state index in [4.69, 9.17) is 19.4 Å². The molecule has 0 radical (unpaired) electrons. The molecule has 7 nitrogen and oxygen atoms in total. The molecule has 3 aromatic carbocycles. The molecule has 196 valence electrons. The maximum absolute atomic E-state index is 12.0. The van der Waals surface area contributed by atoms with E-state index in [0.29, 0.717) is 31.3 Å². The first-order valence-electron chi connectivity index (χ1n) is 12.7. The van der Waals surface area contributed by atoms with Gasteiger partial charge in [0.05, 0.1) is 23.6 Å². The highest BCUT2D eigenvalue weighted by molar-refractivity contribution is 7.90. The molecule has 0 amide bonds. The number of hydrogen-bond acceptors (Lipinski definition) is 6. The fourth-order valence-electron chi connectivity index (χ4n) is 4.65. The maximum atomic E-state index is 12.0. The van der Waals surface area contributed by atoms with Crippen molar-refractivity contribution in [1.29, 1.82) is 0 Å². The van der Waals surface area contributed by atoms with Gasteiger partial charge in [0.2, 0.25) is 5.95 Å². The quantitative estimate of drug-likeness (QED) is 0.225. The van der Waals surface area contributed by atoms with E-state index in [9.17, 15) is 8.42 Å². The molecule has 38 heavy (non-hydrogen) atoms. The molecule has 0 fully saturated rings. The van der Waals surface area contributed by atoms with E-state index in [-0.39, 0.29) is 5.75 Å². The van der Waals surface area contributed by atoms with Gasteiger partial charge in [-0.3, -0.25) is 4.57 Å². The zero-order chi connectivity index (χ0) is 26.5. The summed E-state index contributed by atoms with van der Waals surface area (Å²) in [4.78, 5) is 10.1. The van der Waals surface area contributed by atoms with Crippen LogP contribution in [0.25, 0.3) is 27.8 Å². The van der Waals surface area contributed by atoms with Crippen molar-refractivity contribution >= 4 is 31.6 Å². The second-order valence-electron chi connectivity index (χ2n) is 9.36. The molecular weight excluding hydrogens is 498 g/mol. The molecule has 5 rings (SSSR count). The van der Waals surface area contributed by atoms with Crippen LogP contribution >= 0.6 is 0 Å². The van der Waals surface area contributed by atoms with Gasteiger partial charge in [-0.05, 0) is 36.6 Å². The topological polar surface area (TPSA) is 83.3 Å². The van der Waals surface area contributed by atoms with Crippen LogP contribution in [0.4, 0.5) is 0 Å². The number of aromatic nitrogens is 3. The average Bonchev–Trinajstić information content (AvgIpc) is 3.29. The third kappa shape index (κ3) is 5.87. The van der Waals surface area contributed by atoms with Gasteiger partial charge >= 0.3 is 0 Å². The van der Waals surface area contributed by atoms with Crippen molar-refractivity contribution in [1.82, 2.24) is 14.5 Å². The minimum absolute atomic E-state index is 0.0448. The van der Waals surface area contributed by atoms with Crippen molar-refractivity contribution in [2.75, 3.05) is 32.3 Å².